The molecule has 0 fully saturated rings. The highest BCUT2D eigenvalue weighted by Crippen LogP contribution is 2.41. The second-order valence-electron chi connectivity index (χ2n) is 13.3. The number of benzene rings is 7. The Balaban J connectivity index is 1.13. The molecular formula is C49H31N5O. The Hall–Kier alpha value is -7.57. The van der Waals surface area contributed by atoms with Gasteiger partial charge in [-0.1, -0.05) is 176 Å². The van der Waals surface area contributed by atoms with Gasteiger partial charge in [-0.3, -0.25) is 0 Å². The average Bonchev–Trinajstić information content (AvgIpc) is 3.66. The van der Waals surface area contributed by atoms with Gasteiger partial charge in [-0.2, -0.15) is 4.98 Å². The van der Waals surface area contributed by atoms with E-state index in [2.05, 4.69) is 78.9 Å². The van der Waals surface area contributed by atoms with Crippen LogP contribution in [-0.4, -0.2) is 24.9 Å². The van der Waals surface area contributed by atoms with Gasteiger partial charge in [0, 0.05) is 33.2 Å². The SMILES string of the molecule is c1ccc(-c2ccc(-c3nc(-c4ccccc4)nc(-c4cccc(-c5cccc6oc7nc(-c8ccccc8)nc(-c8ccccc8)c7c56)c4)n3)cc2)cc1. The number of nitrogens with zero attached hydrogens (tertiary/aromatic N) is 5. The Bertz CT molecular complexity index is 2950. The van der Waals surface area contributed by atoms with Crippen LogP contribution in [0, 0.1) is 0 Å². The highest BCUT2D eigenvalue weighted by atomic mass is 16.3. The standard InChI is InChI=1S/C49H31N5O/c1-5-15-32(16-6-1)33-27-29-37(30-28-33)47-51-46(36-21-11-4-12-22-36)52-48(53-47)39-24-13-23-38(31-39)40-25-14-26-41-42(40)43-44(34-17-7-2-8-18-34)50-45(54-49(43)55-41)35-19-9-3-10-20-35/h1-31H. The van der Waals surface area contributed by atoms with Crippen LogP contribution in [-0.2, 0) is 0 Å². The van der Waals surface area contributed by atoms with Crippen LogP contribution in [0.15, 0.2) is 192 Å². The lowest BCUT2D eigenvalue weighted by Crippen LogP contribution is -2.00. The van der Waals surface area contributed by atoms with E-state index >= 15 is 0 Å². The van der Waals surface area contributed by atoms with E-state index in [-0.39, 0.29) is 0 Å². The maximum absolute atomic E-state index is 6.54. The van der Waals surface area contributed by atoms with Crippen LogP contribution in [0.5, 0.6) is 0 Å². The van der Waals surface area contributed by atoms with Gasteiger partial charge in [0.2, 0.25) is 5.71 Å². The van der Waals surface area contributed by atoms with Crippen LogP contribution in [0.25, 0.3) is 101 Å². The Kier molecular flexibility index (Phi) is 8.04. The average molecular weight is 706 g/mol. The van der Waals surface area contributed by atoms with Crippen molar-refractivity contribution in [1.29, 1.82) is 0 Å². The van der Waals surface area contributed by atoms with E-state index in [0.717, 1.165) is 72.1 Å². The molecule has 258 valence electrons. The maximum Gasteiger partial charge on any atom is 0.231 e. The van der Waals surface area contributed by atoms with Crippen molar-refractivity contribution in [3.05, 3.63) is 188 Å². The van der Waals surface area contributed by atoms with Crippen molar-refractivity contribution in [2.75, 3.05) is 0 Å². The molecule has 0 saturated heterocycles. The first-order chi connectivity index (χ1) is 27.2. The Morgan fingerprint density at radius 2 is 0.727 bits per heavy atom. The lowest BCUT2D eigenvalue weighted by atomic mass is 9.96. The van der Waals surface area contributed by atoms with Crippen LogP contribution >= 0.6 is 0 Å². The fourth-order valence-electron chi connectivity index (χ4n) is 7.10. The fraction of sp³-hybridized carbons (Fsp3) is 0. The Morgan fingerprint density at radius 3 is 1.35 bits per heavy atom. The highest BCUT2D eigenvalue weighted by molar-refractivity contribution is 6.16. The molecule has 0 unspecified atom stereocenters. The normalized spacial score (nSPS) is 11.3. The molecule has 3 heterocycles. The molecule has 10 rings (SSSR count). The summed E-state index contributed by atoms with van der Waals surface area (Å²) in [7, 11) is 0. The quantitative estimate of drug-likeness (QED) is 0.164. The molecule has 0 aliphatic carbocycles. The van der Waals surface area contributed by atoms with Crippen LogP contribution in [0.1, 0.15) is 0 Å². The zero-order valence-electron chi connectivity index (χ0n) is 29.5. The van der Waals surface area contributed by atoms with Gasteiger partial charge in [0.1, 0.15) is 5.58 Å². The summed E-state index contributed by atoms with van der Waals surface area (Å²) in [5, 5.41) is 1.82. The van der Waals surface area contributed by atoms with E-state index in [1.165, 1.54) is 0 Å². The van der Waals surface area contributed by atoms with Crippen molar-refractivity contribution in [3.8, 4) is 79.1 Å². The second kappa shape index (κ2) is 13.8. The number of aromatic nitrogens is 5. The molecule has 0 radical (unpaired) electrons. The third-order valence-electron chi connectivity index (χ3n) is 9.79. The summed E-state index contributed by atoms with van der Waals surface area (Å²) in [4.78, 5) is 25.2. The van der Waals surface area contributed by atoms with E-state index in [9.17, 15) is 0 Å². The third kappa shape index (κ3) is 6.11. The largest absolute Gasteiger partial charge is 0.438 e. The topological polar surface area (TPSA) is 77.6 Å². The van der Waals surface area contributed by atoms with Gasteiger partial charge in [-0.05, 0) is 34.4 Å². The minimum Gasteiger partial charge on any atom is -0.438 e. The minimum atomic E-state index is 0.541. The monoisotopic (exact) mass is 705 g/mol. The number of fused-ring (bicyclic) bond motifs is 3. The molecule has 55 heavy (non-hydrogen) atoms. The van der Waals surface area contributed by atoms with Crippen molar-refractivity contribution in [2.24, 2.45) is 0 Å². The van der Waals surface area contributed by atoms with E-state index in [1.807, 2.05) is 109 Å². The number of hydrogen-bond donors (Lipinski definition) is 0. The molecule has 0 N–H and O–H groups in total. The lowest BCUT2D eigenvalue weighted by molar-refractivity contribution is 0.653. The van der Waals surface area contributed by atoms with Crippen molar-refractivity contribution in [1.82, 2.24) is 24.9 Å². The number of hydrogen-bond acceptors (Lipinski definition) is 6. The van der Waals surface area contributed by atoms with E-state index in [0.29, 0.717) is 29.0 Å². The number of furan rings is 1. The van der Waals surface area contributed by atoms with Gasteiger partial charge < -0.3 is 4.42 Å². The van der Waals surface area contributed by atoms with E-state index < -0.39 is 0 Å². The molecule has 0 atom stereocenters. The van der Waals surface area contributed by atoms with Gasteiger partial charge >= 0.3 is 0 Å². The van der Waals surface area contributed by atoms with Crippen LogP contribution in [0.4, 0.5) is 0 Å². The van der Waals surface area contributed by atoms with E-state index in [1.54, 1.807) is 0 Å². The second-order valence-corrected chi connectivity index (χ2v) is 13.3. The predicted octanol–water partition coefficient (Wildman–Crippen LogP) is 12.2. The Labute approximate surface area is 317 Å². The Morgan fingerprint density at radius 1 is 0.291 bits per heavy atom. The predicted molar refractivity (Wildman–Crippen MR) is 221 cm³/mol. The van der Waals surface area contributed by atoms with Gasteiger partial charge in [0.25, 0.3) is 0 Å². The molecule has 0 aliphatic heterocycles. The molecule has 3 aromatic heterocycles. The molecule has 10 aromatic rings. The summed E-state index contributed by atoms with van der Waals surface area (Å²) in [6, 6.07) is 63.5. The molecule has 0 spiro atoms. The zero-order valence-corrected chi connectivity index (χ0v) is 29.5. The van der Waals surface area contributed by atoms with E-state index in [4.69, 9.17) is 29.3 Å². The fourth-order valence-corrected chi connectivity index (χ4v) is 7.10. The van der Waals surface area contributed by atoms with Gasteiger partial charge in [-0.25, -0.2) is 19.9 Å². The maximum atomic E-state index is 6.54. The molecule has 7 aromatic carbocycles. The van der Waals surface area contributed by atoms with Crippen LogP contribution in [0.3, 0.4) is 0 Å². The summed E-state index contributed by atoms with van der Waals surface area (Å²) in [5.74, 6) is 2.42. The number of rotatable bonds is 7. The van der Waals surface area contributed by atoms with Crippen molar-refractivity contribution in [3.63, 3.8) is 0 Å². The molecule has 0 bridgehead atoms. The van der Waals surface area contributed by atoms with Crippen molar-refractivity contribution >= 4 is 22.1 Å². The molecule has 0 saturated carbocycles. The van der Waals surface area contributed by atoms with Crippen molar-refractivity contribution in [2.45, 2.75) is 0 Å². The van der Waals surface area contributed by atoms with Crippen LogP contribution < -0.4 is 0 Å². The summed E-state index contributed by atoms with van der Waals surface area (Å²) in [6.07, 6.45) is 0. The molecular weight excluding hydrogens is 675 g/mol. The first kappa shape index (κ1) is 32.1. The zero-order chi connectivity index (χ0) is 36.6. The smallest absolute Gasteiger partial charge is 0.231 e. The van der Waals surface area contributed by atoms with Gasteiger partial charge in [-0.15, -0.1) is 0 Å². The molecule has 6 heteroatoms. The van der Waals surface area contributed by atoms with Gasteiger partial charge in [0.05, 0.1) is 11.1 Å². The molecule has 6 nitrogen and oxygen atoms in total. The highest BCUT2D eigenvalue weighted by Gasteiger charge is 2.21. The van der Waals surface area contributed by atoms with Gasteiger partial charge in [0.15, 0.2) is 23.3 Å². The van der Waals surface area contributed by atoms with Crippen molar-refractivity contribution < 1.29 is 4.42 Å². The first-order valence-corrected chi connectivity index (χ1v) is 18.2. The first-order valence-electron chi connectivity index (χ1n) is 18.2. The lowest BCUT2D eigenvalue weighted by Gasteiger charge is -2.11. The summed E-state index contributed by atoms with van der Waals surface area (Å²) < 4.78 is 6.54. The summed E-state index contributed by atoms with van der Waals surface area (Å²) >= 11 is 0. The molecule has 0 amide bonds. The van der Waals surface area contributed by atoms with Crippen LogP contribution in [0.2, 0.25) is 0 Å². The third-order valence-corrected chi connectivity index (χ3v) is 9.79. The summed E-state index contributed by atoms with van der Waals surface area (Å²) in [5.41, 5.74) is 11.0. The molecule has 0 aliphatic rings. The summed E-state index contributed by atoms with van der Waals surface area (Å²) in [6.45, 7) is 0. The minimum absolute atomic E-state index is 0.541.